The number of nitrogens with zero attached hydrogens (tertiary/aromatic N) is 1. The number of benzene rings is 1. The highest BCUT2D eigenvalue weighted by Gasteiger charge is 2.26. The first kappa shape index (κ1) is 15.6. The summed E-state index contributed by atoms with van der Waals surface area (Å²) >= 11 is 0. The average molecular weight is 293 g/mol. The smallest absolute Gasteiger partial charge is 0.260 e. The van der Waals surface area contributed by atoms with Crippen LogP contribution in [0.5, 0.6) is 11.5 Å². The van der Waals surface area contributed by atoms with Gasteiger partial charge in [0.15, 0.2) is 18.1 Å². The molecule has 2 atom stereocenters. The zero-order valence-corrected chi connectivity index (χ0v) is 12.9. The second kappa shape index (κ2) is 7.31. The lowest BCUT2D eigenvalue weighted by Gasteiger charge is -2.35. The minimum atomic E-state index is -0.0247. The van der Waals surface area contributed by atoms with Crippen LogP contribution in [-0.2, 0) is 9.53 Å². The van der Waals surface area contributed by atoms with E-state index in [0.717, 1.165) is 0 Å². The summed E-state index contributed by atoms with van der Waals surface area (Å²) in [6.45, 7) is 7.66. The molecule has 2 rings (SSSR count). The maximum absolute atomic E-state index is 12.2. The first-order valence-electron chi connectivity index (χ1n) is 7.38. The van der Waals surface area contributed by atoms with E-state index in [4.69, 9.17) is 14.2 Å². The second-order valence-corrected chi connectivity index (χ2v) is 5.22. The zero-order valence-electron chi connectivity index (χ0n) is 12.9. The molecule has 1 heterocycles. The van der Waals surface area contributed by atoms with E-state index in [1.165, 1.54) is 0 Å². The van der Waals surface area contributed by atoms with Gasteiger partial charge in [-0.3, -0.25) is 4.79 Å². The predicted molar refractivity (Wildman–Crippen MR) is 79.7 cm³/mol. The van der Waals surface area contributed by atoms with E-state index in [1.54, 1.807) is 4.90 Å². The van der Waals surface area contributed by atoms with E-state index >= 15 is 0 Å². The van der Waals surface area contributed by atoms with Gasteiger partial charge >= 0.3 is 0 Å². The molecule has 1 aromatic carbocycles. The van der Waals surface area contributed by atoms with Gasteiger partial charge in [0.05, 0.1) is 18.8 Å². The van der Waals surface area contributed by atoms with E-state index in [9.17, 15) is 4.79 Å². The van der Waals surface area contributed by atoms with Gasteiger partial charge in [-0.1, -0.05) is 12.1 Å². The highest BCUT2D eigenvalue weighted by atomic mass is 16.5. The standard InChI is InChI=1S/C16H23NO4/c1-4-19-14-7-5-6-8-15(14)20-11-16(18)17-9-12(2)21-13(3)10-17/h5-8,12-13H,4,9-11H2,1-3H3. The van der Waals surface area contributed by atoms with Crippen molar-refractivity contribution in [2.24, 2.45) is 0 Å². The normalized spacial score (nSPS) is 22.0. The Hall–Kier alpha value is -1.75. The molecule has 1 amide bonds. The van der Waals surface area contributed by atoms with Crippen LogP contribution in [0.25, 0.3) is 0 Å². The summed E-state index contributed by atoms with van der Waals surface area (Å²) in [5.74, 6) is 1.24. The number of carbonyl (C=O) groups is 1. The summed E-state index contributed by atoms with van der Waals surface area (Å²) in [7, 11) is 0. The molecule has 116 valence electrons. The summed E-state index contributed by atoms with van der Waals surface area (Å²) in [5.41, 5.74) is 0. The van der Waals surface area contributed by atoms with Crippen LogP contribution in [0.3, 0.4) is 0 Å². The summed E-state index contributed by atoms with van der Waals surface area (Å²) < 4.78 is 16.7. The largest absolute Gasteiger partial charge is 0.490 e. The summed E-state index contributed by atoms with van der Waals surface area (Å²) in [4.78, 5) is 14.0. The molecular weight excluding hydrogens is 270 g/mol. The van der Waals surface area contributed by atoms with Crippen molar-refractivity contribution in [2.45, 2.75) is 33.0 Å². The SMILES string of the molecule is CCOc1ccccc1OCC(=O)N1CC(C)OC(C)C1. The van der Waals surface area contributed by atoms with Gasteiger partial charge in [-0.2, -0.15) is 0 Å². The van der Waals surface area contributed by atoms with Crippen molar-refractivity contribution < 1.29 is 19.0 Å². The molecule has 1 fully saturated rings. The van der Waals surface area contributed by atoms with Crippen molar-refractivity contribution in [1.82, 2.24) is 4.90 Å². The molecule has 0 aliphatic carbocycles. The Balaban J connectivity index is 1.92. The van der Waals surface area contributed by atoms with Gasteiger partial charge < -0.3 is 19.1 Å². The molecule has 1 aliphatic heterocycles. The van der Waals surface area contributed by atoms with Gasteiger partial charge in [0.25, 0.3) is 5.91 Å². The Bertz CT molecular complexity index is 467. The molecule has 5 heteroatoms. The van der Waals surface area contributed by atoms with Crippen LogP contribution in [-0.4, -0.2) is 49.3 Å². The maximum Gasteiger partial charge on any atom is 0.260 e. The van der Waals surface area contributed by atoms with E-state index < -0.39 is 0 Å². The summed E-state index contributed by atoms with van der Waals surface area (Å²) in [6, 6.07) is 7.39. The second-order valence-electron chi connectivity index (χ2n) is 5.22. The Morgan fingerprint density at radius 2 is 1.76 bits per heavy atom. The van der Waals surface area contributed by atoms with Crippen LogP contribution in [0.2, 0.25) is 0 Å². The third-order valence-electron chi connectivity index (χ3n) is 3.27. The summed E-state index contributed by atoms with van der Waals surface area (Å²) in [5, 5.41) is 0. The van der Waals surface area contributed by atoms with Gasteiger partial charge in [0.1, 0.15) is 0 Å². The maximum atomic E-state index is 12.2. The molecule has 1 aromatic rings. The van der Waals surface area contributed by atoms with Crippen LogP contribution in [0, 0.1) is 0 Å². The molecule has 0 radical (unpaired) electrons. The lowest BCUT2D eigenvalue weighted by Crippen LogP contribution is -2.49. The molecular formula is C16H23NO4. The third kappa shape index (κ3) is 4.36. The highest BCUT2D eigenvalue weighted by Crippen LogP contribution is 2.26. The lowest BCUT2D eigenvalue weighted by molar-refractivity contribution is -0.145. The minimum absolute atomic E-state index is 0.0174. The first-order chi connectivity index (χ1) is 10.1. The number of hydrogen-bond acceptors (Lipinski definition) is 4. The quantitative estimate of drug-likeness (QED) is 0.834. The molecule has 0 N–H and O–H groups in total. The molecule has 21 heavy (non-hydrogen) atoms. The van der Waals surface area contributed by atoms with Crippen LogP contribution >= 0.6 is 0 Å². The average Bonchev–Trinajstić information content (AvgIpc) is 2.45. The number of ether oxygens (including phenoxy) is 3. The number of amides is 1. The Kier molecular flexibility index (Phi) is 5.44. The van der Waals surface area contributed by atoms with Crippen molar-refractivity contribution >= 4 is 5.91 Å². The van der Waals surface area contributed by atoms with Gasteiger partial charge in [0, 0.05) is 13.1 Å². The van der Waals surface area contributed by atoms with Crippen molar-refractivity contribution in [3.8, 4) is 11.5 Å². The number of carbonyl (C=O) groups excluding carboxylic acids is 1. The number of morpholine rings is 1. The fourth-order valence-electron chi connectivity index (χ4n) is 2.46. The van der Waals surface area contributed by atoms with Gasteiger partial charge in [0.2, 0.25) is 0 Å². The highest BCUT2D eigenvalue weighted by molar-refractivity contribution is 5.78. The molecule has 0 aromatic heterocycles. The summed E-state index contributed by atoms with van der Waals surface area (Å²) in [6.07, 6.45) is 0.127. The Morgan fingerprint density at radius 1 is 1.19 bits per heavy atom. The molecule has 2 unspecified atom stereocenters. The van der Waals surface area contributed by atoms with E-state index in [0.29, 0.717) is 31.2 Å². The minimum Gasteiger partial charge on any atom is -0.490 e. The van der Waals surface area contributed by atoms with Crippen molar-refractivity contribution in [3.63, 3.8) is 0 Å². The molecule has 1 saturated heterocycles. The van der Waals surface area contributed by atoms with Crippen LogP contribution in [0.1, 0.15) is 20.8 Å². The van der Waals surface area contributed by atoms with Gasteiger partial charge in [-0.15, -0.1) is 0 Å². The number of hydrogen-bond donors (Lipinski definition) is 0. The lowest BCUT2D eigenvalue weighted by atomic mass is 10.2. The van der Waals surface area contributed by atoms with Crippen LogP contribution in [0.15, 0.2) is 24.3 Å². The molecule has 0 bridgehead atoms. The first-order valence-corrected chi connectivity index (χ1v) is 7.38. The van der Waals surface area contributed by atoms with E-state index in [-0.39, 0.29) is 24.7 Å². The molecule has 0 spiro atoms. The van der Waals surface area contributed by atoms with Crippen LogP contribution in [0.4, 0.5) is 0 Å². The number of rotatable bonds is 5. The fraction of sp³-hybridized carbons (Fsp3) is 0.562. The van der Waals surface area contributed by atoms with Gasteiger partial charge in [-0.05, 0) is 32.9 Å². The molecule has 0 saturated carbocycles. The monoisotopic (exact) mass is 293 g/mol. The van der Waals surface area contributed by atoms with Gasteiger partial charge in [-0.25, -0.2) is 0 Å². The van der Waals surface area contributed by atoms with Crippen LogP contribution < -0.4 is 9.47 Å². The van der Waals surface area contributed by atoms with E-state index in [2.05, 4.69) is 0 Å². The zero-order chi connectivity index (χ0) is 15.2. The Morgan fingerprint density at radius 3 is 2.33 bits per heavy atom. The topological polar surface area (TPSA) is 48.0 Å². The predicted octanol–water partition coefficient (Wildman–Crippen LogP) is 2.10. The third-order valence-corrected chi connectivity index (χ3v) is 3.27. The van der Waals surface area contributed by atoms with Crippen molar-refractivity contribution in [1.29, 1.82) is 0 Å². The number of para-hydroxylation sites is 2. The molecule has 5 nitrogen and oxygen atoms in total. The molecule has 1 aliphatic rings. The van der Waals surface area contributed by atoms with Crippen molar-refractivity contribution in [2.75, 3.05) is 26.3 Å². The van der Waals surface area contributed by atoms with Crippen molar-refractivity contribution in [3.05, 3.63) is 24.3 Å². The Labute approximate surface area is 125 Å². The fourth-order valence-corrected chi connectivity index (χ4v) is 2.46. The van der Waals surface area contributed by atoms with E-state index in [1.807, 2.05) is 45.0 Å².